The van der Waals surface area contributed by atoms with Crippen molar-refractivity contribution in [3.05, 3.63) is 12.7 Å². The van der Waals surface area contributed by atoms with Gasteiger partial charge in [0.25, 0.3) is 0 Å². The fraction of sp³-hybridized carbons (Fsp3) is 0.545. The first-order valence-corrected chi connectivity index (χ1v) is 6.09. The standard InChI is InChI=1S/C11H13N5O3/c12-8-5-9(14-3-13-8)16(4-15-5)10-6(17)7(18)11(19-10)1-2-11/h3-4,6-7,10,17-18H,1-2H2,(H2,12,13,14)/t6?,7?,10-/m1/s1. The highest BCUT2D eigenvalue weighted by Crippen LogP contribution is 2.52. The molecule has 1 aliphatic heterocycles. The van der Waals surface area contributed by atoms with E-state index in [1.165, 1.54) is 12.7 Å². The number of fused-ring (bicyclic) bond motifs is 1. The van der Waals surface area contributed by atoms with Crippen molar-refractivity contribution in [1.29, 1.82) is 0 Å². The molecule has 0 bridgehead atoms. The number of aliphatic hydroxyl groups is 2. The quantitative estimate of drug-likeness (QED) is 0.615. The van der Waals surface area contributed by atoms with Gasteiger partial charge in [0.1, 0.15) is 24.1 Å². The van der Waals surface area contributed by atoms with E-state index in [2.05, 4.69) is 15.0 Å². The minimum absolute atomic E-state index is 0.276. The summed E-state index contributed by atoms with van der Waals surface area (Å²) in [6.45, 7) is 0. The molecule has 4 rings (SSSR count). The van der Waals surface area contributed by atoms with Gasteiger partial charge in [-0.1, -0.05) is 0 Å². The van der Waals surface area contributed by atoms with Crippen LogP contribution in [0.15, 0.2) is 12.7 Å². The number of nitrogens with zero attached hydrogens (tertiary/aromatic N) is 4. The van der Waals surface area contributed by atoms with E-state index in [1.54, 1.807) is 4.57 Å². The molecule has 3 atom stereocenters. The molecule has 0 radical (unpaired) electrons. The summed E-state index contributed by atoms with van der Waals surface area (Å²) in [6.07, 6.45) is 1.76. The lowest BCUT2D eigenvalue weighted by atomic mass is 10.1. The van der Waals surface area contributed by atoms with E-state index in [-0.39, 0.29) is 5.82 Å². The number of anilines is 1. The molecule has 1 aliphatic carbocycles. The van der Waals surface area contributed by atoms with Crippen molar-refractivity contribution in [3.63, 3.8) is 0 Å². The molecule has 2 fully saturated rings. The summed E-state index contributed by atoms with van der Waals surface area (Å²) in [4.78, 5) is 12.1. The van der Waals surface area contributed by atoms with Crippen molar-refractivity contribution < 1.29 is 14.9 Å². The summed E-state index contributed by atoms with van der Waals surface area (Å²) in [6, 6.07) is 0. The van der Waals surface area contributed by atoms with Crippen LogP contribution < -0.4 is 5.73 Å². The second kappa shape index (κ2) is 3.41. The van der Waals surface area contributed by atoms with E-state index in [0.717, 1.165) is 12.8 Å². The first-order valence-electron chi connectivity index (χ1n) is 6.09. The Morgan fingerprint density at radius 3 is 2.79 bits per heavy atom. The number of aromatic nitrogens is 4. The van der Waals surface area contributed by atoms with Gasteiger partial charge < -0.3 is 20.7 Å². The van der Waals surface area contributed by atoms with Crippen molar-refractivity contribution in [2.45, 2.75) is 36.9 Å². The number of aliphatic hydroxyl groups excluding tert-OH is 2. The van der Waals surface area contributed by atoms with Gasteiger partial charge in [0.05, 0.1) is 11.9 Å². The monoisotopic (exact) mass is 263 g/mol. The third-order valence-corrected chi connectivity index (χ3v) is 3.91. The molecule has 3 heterocycles. The summed E-state index contributed by atoms with van der Waals surface area (Å²) in [5.41, 5.74) is 6.07. The van der Waals surface area contributed by atoms with Crippen LogP contribution in [0.4, 0.5) is 5.82 Å². The van der Waals surface area contributed by atoms with E-state index in [4.69, 9.17) is 10.5 Å². The zero-order valence-electron chi connectivity index (χ0n) is 9.97. The predicted molar refractivity (Wildman–Crippen MR) is 63.8 cm³/mol. The van der Waals surface area contributed by atoms with E-state index in [9.17, 15) is 10.2 Å². The number of rotatable bonds is 1. The molecule has 1 saturated heterocycles. The Balaban J connectivity index is 1.81. The Labute approximate surface area is 107 Å². The molecule has 0 aromatic carbocycles. The molecule has 2 aromatic heterocycles. The van der Waals surface area contributed by atoms with Crippen molar-refractivity contribution in [3.8, 4) is 0 Å². The fourth-order valence-corrected chi connectivity index (χ4v) is 2.66. The predicted octanol–water partition coefficient (Wildman–Crippen LogP) is -0.808. The van der Waals surface area contributed by atoms with Crippen LogP contribution in [-0.4, -0.2) is 47.5 Å². The summed E-state index contributed by atoms with van der Waals surface area (Å²) in [5, 5.41) is 20.2. The highest BCUT2D eigenvalue weighted by molar-refractivity contribution is 5.81. The van der Waals surface area contributed by atoms with Crippen LogP contribution in [-0.2, 0) is 4.74 Å². The lowest BCUT2D eigenvalue weighted by Gasteiger charge is -2.16. The van der Waals surface area contributed by atoms with Gasteiger partial charge in [0, 0.05) is 0 Å². The van der Waals surface area contributed by atoms with Crippen LogP contribution in [0.5, 0.6) is 0 Å². The van der Waals surface area contributed by atoms with Gasteiger partial charge in [0.15, 0.2) is 17.7 Å². The van der Waals surface area contributed by atoms with E-state index < -0.39 is 24.0 Å². The molecular weight excluding hydrogens is 250 g/mol. The summed E-state index contributed by atoms with van der Waals surface area (Å²) >= 11 is 0. The molecule has 0 amide bonds. The summed E-state index contributed by atoms with van der Waals surface area (Å²) < 4.78 is 7.39. The lowest BCUT2D eigenvalue weighted by Crippen LogP contribution is -2.32. The average Bonchev–Trinajstić information content (AvgIpc) is 3.00. The van der Waals surface area contributed by atoms with Gasteiger partial charge in [-0.05, 0) is 12.8 Å². The molecule has 4 N–H and O–H groups in total. The maximum absolute atomic E-state index is 10.1. The first-order chi connectivity index (χ1) is 9.12. The second-order valence-electron chi connectivity index (χ2n) is 5.09. The third-order valence-electron chi connectivity index (χ3n) is 3.91. The zero-order valence-corrected chi connectivity index (χ0v) is 9.97. The van der Waals surface area contributed by atoms with Crippen molar-refractivity contribution >= 4 is 17.0 Å². The van der Waals surface area contributed by atoms with Gasteiger partial charge >= 0.3 is 0 Å². The normalized spacial score (nSPS) is 32.2. The highest BCUT2D eigenvalue weighted by Gasteiger charge is 2.62. The Morgan fingerprint density at radius 1 is 1.32 bits per heavy atom. The number of hydrogen-bond donors (Lipinski definition) is 3. The maximum Gasteiger partial charge on any atom is 0.167 e. The van der Waals surface area contributed by atoms with Gasteiger partial charge in [-0.25, -0.2) is 15.0 Å². The summed E-state index contributed by atoms with van der Waals surface area (Å²) in [7, 11) is 0. The number of imidazole rings is 1. The van der Waals surface area contributed by atoms with Crippen LogP contribution >= 0.6 is 0 Å². The SMILES string of the molecule is Nc1ncnc2c1ncn2[C@@H]1OC2(CC2)C(O)C1O. The third kappa shape index (κ3) is 1.36. The Bertz CT molecular complexity index is 653. The Morgan fingerprint density at radius 2 is 2.11 bits per heavy atom. The molecule has 2 aromatic rings. The zero-order chi connectivity index (χ0) is 13.2. The molecular formula is C11H13N5O3. The van der Waals surface area contributed by atoms with Gasteiger partial charge in [-0.15, -0.1) is 0 Å². The molecule has 8 nitrogen and oxygen atoms in total. The molecule has 2 aliphatic rings. The molecule has 1 spiro atoms. The largest absolute Gasteiger partial charge is 0.387 e. The van der Waals surface area contributed by atoms with Crippen LogP contribution in [0.2, 0.25) is 0 Å². The lowest BCUT2D eigenvalue weighted by molar-refractivity contribution is -0.0460. The van der Waals surface area contributed by atoms with Crippen molar-refractivity contribution in [2.24, 2.45) is 0 Å². The Hall–Kier alpha value is -1.77. The molecule has 1 saturated carbocycles. The molecule has 19 heavy (non-hydrogen) atoms. The Kier molecular flexibility index (Phi) is 1.99. The highest BCUT2D eigenvalue weighted by atomic mass is 16.6. The fourth-order valence-electron chi connectivity index (χ4n) is 2.66. The number of hydrogen-bond acceptors (Lipinski definition) is 7. The van der Waals surface area contributed by atoms with Crippen LogP contribution in [0.1, 0.15) is 19.1 Å². The minimum Gasteiger partial charge on any atom is -0.387 e. The maximum atomic E-state index is 10.1. The summed E-state index contributed by atoms with van der Waals surface area (Å²) in [5.74, 6) is 0.276. The van der Waals surface area contributed by atoms with E-state index >= 15 is 0 Å². The van der Waals surface area contributed by atoms with Crippen LogP contribution in [0.25, 0.3) is 11.2 Å². The van der Waals surface area contributed by atoms with Crippen LogP contribution in [0, 0.1) is 0 Å². The van der Waals surface area contributed by atoms with Gasteiger partial charge in [-0.3, -0.25) is 4.57 Å². The topological polar surface area (TPSA) is 119 Å². The van der Waals surface area contributed by atoms with E-state index in [1.807, 2.05) is 0 Å². The first kappa shape index (κ1) is 11.1. The van der Waals surface area contributed by atoms with Gasteiger partial charge in [-0.2, -0.15) is 0 Å². The van der Waals surface area contributed by atoms with E-state index in [0.29, 0.717) is 11.2 Å². The van der Waals surface area contributed by atoms with Crippen molar-refractivity contribution in [1.82, 2.24) is 19.5 Å². The molecule has 8 heteroatoms. The van der Waals surface area contributed by atoms with Gasteiger partial charge in [0.2, 0.25) is 0 Å². The minimum atomic E-state index is -1.00. The van der Waals surface area contributed by atoms with Crippen molar-refractivity contribution in [2.75, 3.05) is 5.73 Å². The number of nitrogens with two attached hydrogens (primary N) is 1. The number of nitrogen functional groups attached to an aromatic ring is 1. The average molecular weight is 263 g/mol. The smallest absolute Gasteiger partial charge is 0.167 e. The molecule has 2 unspecified atom stereocenters. The second-order valence-corrected chi connectivity index (χ2v) is 5.09. The molecule has 100 valence electrons. The van der Waals surface area contributed by atoms with Crippen LogP contribution in [0.3, 0.4) is 0 Å². The number of ether oxygens (including phenoxy) is 1.